The highest BCUT2D eigenvalue weighted by atomic mass is 16.2. The summed E-state index contributed by atoms with van der Waals surface area (Å²) in [4.78, 5) is 49.8. The summed E-state index contributed by atoms with van der Waals surface area (Å²) in [5.41, 5.74) is 1.46. The summed E-state index contributed by atoms with van der Waals surface area (Å²) >= 11 is 0. The van der Waals surface area contributed by atoms with Crippen LogP contribution in [0.3, 0.4) is 0 Å². The Labute approximate surface area is 141 Å². The summed E-state index contributed by atoms with van der Waals surface area (Å²) < 4.78 is 0. The lowest BCUT2D eigenvalue weighted by atomic mass is 9.86. The van der Waals surface area contributed by atoms with E-state index in [2.05, 4.69) is 20.8 Å². The van der Waals surface area contributed by atoms with Gasteiger partial charge in [-0.15, -0.1) is 0 Å². The molecule has 24 heavy (non-hydrogen) atoms. The fraction of sp³-hybridized carbons (Fsp3) is 0.444. The smallest absolute Gasteiger partial charge is 0.292 e. The molecule has 0 bridgehead atoms. The van der Waals surface area contributed by atoms with Gasteiger partial charge in [-0.05, 0) is 17.4 Å². The van der Waals surface area contributed by atoms with E-state index in [0.717, 1.165) is 15.4 Å². The Morgan fingerprint density at radius 3 is 2.00 bits per heavy atom. The van der Waals surface area contributed by atoms with Crippen LogP contribution in [0.2, 0.25) is 0 Å². The van der Waals surface area contributed by atoms with Crippen LogP contribution in [0.25, 0.3) is 0 Å². The quantitative estimate of drug-likeness (QED) is 0.472. The number of nitrogens with zero attached hydrogens (tertiary/aromatic N) is 2. The maximum atomic E-state index is 12.3. The van der Waals surface area contributed by atoms with Crippen LogP contribution in [0.5, 0.6) is 0 Å². The summed E-state index contributed by atoms with van der Waals surface area (Å²) in [6.07, 6.45) is 0.556. The topological polar surface area (TPSA) is 74.8 Å². The molecule has 1 saturated heterocycles. The van der Waals surface area contributed by atoms with Crippen molar-refractivity contribution in [1.82, 2.24) is 9.80 Å². The molecule has 4 amide bonds. The monoisotopic (exact) mass is 330 g/mol. The van der Waals surface area contributed by atoms with Crippen molar-refractivity contribution in [2.75, 3.05) is 13.1 Å². The van der Waals surface area contributed by atoms with E-state index >= 15 is 0 Å². The average Bonchev–Trinajstić information content (AvgIpc) is 2.72. The molecule has 1 aromatic carbocycles. The fourth-order valence-corrected chi connectivity index (χ4v) is 2.50. The van der Waals surface area contributed by atoms with Crippen LogP contribution in [-0.4, -0.2) is 46.5 Å². The van der Waals surface area contributed by atoms with Gasteiger partial charge in [-0.1, -0.05) is 52.0 Å². The van der Waals surface area contributed by atoms with Gasteiger partial charge in [0.1, 0.15) is 0 Å². The van der Waals surface area contributed by atoms with Gasteiger partial charge >= 0.3 is 17.8 Å². The van der Waals surface area contributed by atoms with Gasteiger partial charge in [-0.2, -0.15) is 0 Å². The van der Waals surface area contributed by atoms with E-state index < -0.39 is 24.4 Å². The number of benzene rings is 1. The van der Waals surface area contributed by atoms with Crippen molar-refractivity contribution >= 4 is 23.6 Å². The van der Waals surface area contributed by atoms with Gasteiger partial charge in [0.2, 0.25) is 0 Å². The molecule has 6 nitrogen and oxygen atoms in total. The predicted octanol–water partition coefficient (Wildman–Crippen LogP) is 2.37. The van der Waals surface area contributed by atoms with Crippen molar-refractivity contribution in [2.45, 2.75) is 39.5 Å². The highest BCUT2D eigenvalue weighted by Crippen LogP contribution is 2.22. The molecule has 1 aromatic rings. The van der Waals surface area contributed by atoms with E-state index in [1.807, 2.05) is 12.1 Å². The number of carbonyl (C=O) groups is 4. The number of imide groups is 2. The van der Waals surface area contributed by atoms with Crippen LogP contribution in [-0.2, 0) is 15.0 Å². The third-order valence-electron chi connectivity index (χ3n) is 3.96. The normalized spacial score (nSPS) is 15.4. The Hall–Kier alpha value is -2.50. The zero-order valence-corrected chi connectivity index (χ0v) is 14.5. The first kappa shape index (κ1) is 17.8. The Balaban J connectivity index is 2.13. The van der Waals surface area contributed by atoms with Gasteiger partial charge in [0, 0.05) is 12.1 Å². The second-order valence-electron chi connectivity index (χ2n) is 6.88. The summed E-state index contributed by atoms with van der Waals surface area (Å²) in [6.45, 7) is 7.76. The van der Waals surface area contributed by atoms with Crippen molar-refractivity contribution in [3.05, 3.63) is 35.4 Å². The van der Waals surface area contributed by atoms with Crippen LogP contribution < -0.4 is 0 Å². The minimum absolute atomic E-state index is 0.0322. The molecule has 0 atom stereocenters. The standard InChI is InChI=1S/C18H22N2O4/c1-5-10-19-15(22)16(23)20(17(19)24)11-14(21)12-6-8-13(9-7-12)18(2,3)4/h6-9H,5,10-11H2,1-4H3. The fourth-order valence-electron chi connectivity index (χ4n) is 2.50. The second kappa shape index (κ2) is 6.55. The Bertz CT molecular complexity index is 686. The molecule has 1 aliphatic heterocycles. The molecule has 0 spiro atoms. The molecule has 1 aliphatic rings. The molecule has 0 N–H and O–H groups in total. The number of urea groups is 1. The number of hydrogen-bond donors (Lipinski definition) is 0. The molecule has 1 heterocycles. The summed E-state index contributed by atoms with van der Waals surface area (Å²) in [5, 5.41) is 0. The molecular weight excluding hydrogens is 308 g/mol. The molecular formula is C18H22N2O4. The Morgan fingerprint density at radius 2 is 1.50 bits per heavy atom. The third-order valence-corrected chi connectivity index (χ3v) is 3.96. The van der Waals surface area contributed by atoms with Crippen molar-refractivity contribution in [3.8, 4) is 0 Å². The average molecular weight is 330 g/mol. The highest BCUT2D eigenvalue weighted by molar-refractivity contribution is 6.45. The van der Waals surface area contributed by atoms with E-state index in [4.69, 9.17) is 0 Å². The van der Waals surface area contributed by atoms with Crippen molar-refractivity contribution in [2.24, 2.45) is 0 Å². The molecule has 1 fully saturated rings. The Kier molecular flexibility index (Phi) is 4.87. The van der Waals surface area contributed by atoms with Gasteiger partial charge in [-0.25, -0.2) is 9.69 Å². The largest absolute Gasteiger partial charge is 0.334 e. The highest BCUT2D eigenvalue weighted by Gasteiger charge is 2.44. The van der Waals surface area contributed by atoms with Gasteiger partial charge in [0.15, 0.2) is 5.78 Å². The maximum Gasteiger partial charge on any atom is 0.334 e. The summed E-state index contributed by atoms with van der Waals surface area (Å²) in [5.74, 6) is -2.17. The number of ketones is 1. The lowest BCUT2D eigenvalue weighted by Gasteiger charge is -2.19. The lowest BCUT2D eigenvalue weighted by Crippen LogP contribution is -2.37. The first-order valence-electron chi connectivity index (χ1n) is 7.98. The Morgan fingerprint density at radius 1 is 0.958 bits per heavy atom. The summed E-state index contributed by atoms with van der Waals surface area (Å²) in [6, 6.07) is 6.36. The molecule has 0 aliphatic carbocycles. The minimum Gasteiger partial charge on any atom is -0.292 e. The molecule has 128 valence electrons. The van der Waals surface area contributed by atoms with Gasteiger partial charge in [0.25, 0.3) is 0 Å². The van der Waals surface area contributed by atoms with E-state index in [0.29, 0.717) is 12.0 Å². The van der Waals surface area contributed by atoms with Gasteiger partial charge < -0.3 is 0 Å². The molecule has 6 heteroatoms. The van der Waals surface area contributed by atoms with Crippen LogP contribution in [0.4, 0.5) is 4.79 Å². The molecule has 2 rings (SSSR count). The predicted molar refractivity (Wildman–Crippen MR) is 88.6 cm³/mol. The van der Waals surface area contributed by atoms with Crippen LogP contribution in [0.15, 0.2) is 24.3 Å². The third kappa shape index (κ3) is 3.37. The number of carbonyl (C=O) groups excluding carboxylic acids is 4. The van der Waals surface area contributed by atoms with E-state index in [-0.39, 0.29) is 17.7 Å². The number of rotatable bonds is 5. The molecule has 0 aromatic heterocycles. The van der Waals surface area contributed by atoms with Crippen LogP contribution in [0.1, 0.15) is 50.0 Å². The zero-order valence-electron chi connectivity index (χ0n) is 14.5. The van der Waals surface area contributed by atoms with Crippen molar-refractivity contribution < 1.29 is 19.2 Å². The first-order valence-corrected chi connectivity index (χ1v) is 7.98. The number of amides is 4. The summed E-state index contributed by atoms with van der Waals surface area (Å²) in [7, 11) is 0. The van der Waals surface area contributed by atoms with Crippen molar-refractivity contribution in [1.29, 1.82) is 0 Å². The van der Waals surface area contributed by atoms with Gasteiger partial charge in [-0.3, -0.25) is 19.3 Å². The minimum atomic E-state index is -0.937. The SMILES string of the molecule is CCCN1C(=O)C(=O)N(CC(=O)c2ccc(C(C)(C)C)cc2)C1=O. The van der Waals surface area contributed by atoms with E-state index in [1.165, 1.54) is 0 Å². The number of Topliss-reactive ketones (excluding diaryl/α,β-unsaturated/α-hetero) is 1. The molecule has 0 saturated carbocycles. The lowest BCUT2D eigenvalue weighted by molar-refractivity contribution is -0.143. The maximum absolute atomic E-state index is 12.3. The molecule has 0 unspecified atom stereocenters. The van der Waals surface area contributed by atoms with E-state index in [9.17, 15) is 19.2 Å². The number of hydrogen-bond acceptors (Lipinski definition) is 4. The second-order valence-corrected chi connectivity index (χ2v) is 6.88. The van der Waals surface area contributed by atoms with Gasteiger partial charge in [0.05, 0.1) is 6.54 Å². The first-order chi connectivity index (χ1) is 11.2. The zero-order chi connectivity index (χ0) is 18.1. The van der Waals surface area contributed by atoms with E-state index in [1.54, 1.807) is 19.1 Å². The van der Waals surface area contributed by atoms with Crippen molar-refractivity contribution in [3.63, 3.8) is 0 Å². The van der Waals surface area contributed by atoms with Crippen LogP contribution >= 0.6 is 0 Å². The van der Waals surface area contributed by atoms with Crippen LogP contribution in [0, 0.1) is 0 Å². The molecule has 0 radical (unpaired) electrons.